The van der Waals surface area contributed by atoms with Gasteiger partial charge in [0.1, 0.15) is 11.5 Å². The molecule has 26 heavy (non-hydrogen) atoms. The molecule has 6 heteroatoms. The Labute approximate surface area is 162 Å². The Hall–Kier alpha value is -2.05. The smallest absolute Gasteiger partial charge is 0.257 e. The van der Waals surface area contributed by atoms with Crippen LogP contribution in [0.4, 0.5) is 0 Å². The molecule has 1 aliphatic heterocycles. The predicted molar refractivity (Wildman–Crippen MR) is 105 cm³/mol. The van der Waals surface area contributed by atoms with Gasteiger partial charge in [-0.3, -0.25) is 9.69 Å². The fourth-order valence-electron chi connectivity index (χ4n) is 3.15. The van der Waals surface area contributed by atoms with Crippen LogP contribution in [0, 0.1) is 0 Å². The lowest BCUT2D eigenvalue weighted by atomic mass is 10.1. The van der Waals surface area contributed by atoms with E-state index in [0.29, 0.717) is 30.2 Å². The van der Waals surface area contributed by atoms with Gasteiger partial charge in [-0.25, -0.2) is 0 Å². The zero-order valence-electron chi connectivity index (χ0n) is 15.1. The number of halogens is 1. The van der Waals surface area contributed by atoms with Crippen LogP contribution in [-0.2, 0) is 6.54 Å². The third-order valence-electron chi connectivity index (χ3n) is 4.59. The van der Waals surface area contributed by atoms with Crippen LogP contribution in [0.1, 0.15) is 15.9 Å². The quantitative estimate of drug-likeness (QED) is 0.745. The van der Waals surface area contributed by atoms with Crippen LogP contribution in [0.15, 0.2) is 46.9 Å². The summed E-state index contributed by atoms with van der Waals surface area (Å²) in [5.74, 6) is 1.23. The van der Waals surface area contributed by atoms with Crippen LogP contribution < -0.4 is 9.47 Å². The van der Waals surface area contributed by atoms with E-state index in [0.717, 1.165) is 24.1 Å². The van der Waals surface area contributed by atoms with E-state index < -0.39 is 0 Å². The number of benzene rings is 2. The highest BCUT2D eigenvalue weighted by Crippen LogP contribution is 2.26. The van der Waals surface area contributed by atoms with Gasteiger partial charge in [0, 0.05) is 43.3 Å². The summed E-state index contributed by atoms with van der Waals surface area (Å²) in [6.45, 7) is 4.03. The minimum Gasteiger partial charge on any atom is -0.497 e. The molecule has 0 aliphatic carbocycles. The van der Waals surface area contributed by atoms with Crippen molar-refractivity contribution in [2.45, 2.75) is 6.54 Å². The van der Waals surface area contributed by atoms with Crippen molar-refractivity contribution < 1.29 is 14.3 Å². The Morgan fingerprint density at radius 1 is 1.04 bits per heavy atom. The second kappa shape index (κ2) is 8.56. The summed E-state index contributed by atoms with van der Waals surface area (Å²) in [5.41, 5.74) is 1.85. The topological polar surface area (TPSA) is 42.0 Å². The summed E-state index contributed by atoms with van der Waals surface area (Å²) in [7, 11) is 3.17. The van der Waals surface area contributed by atoms with Gasteiger partial charge in [0.25, 0.3) is 5.91 Å². The SMILES string of the molecule is COc1ccc(C(=O)N2CCN(Cc3cccc(Br)c3)CC2)c(OC)c1. The van der Waals surface area contributed by atoms with Crippen LogP contribution in [-0.4, -0.2) is 56.1 Å². The van der Waals surface area contributed by atoms with Crippen molar-refractivity contribution in [1.82, 2.24) is 9.80 Å². The lowest BCUT2D eigenvalue weighted by Gasteiger charge is -2.35. The first-order valence-corrected chi connectivity index (χ1v) is 9.38. The number of hydrogen-bond acceptors (Lipinski definition) is 4. The van der Waals surface area contributed by atoms with E-state index in [1.165, 1.54) is 5.56 Å². The van der Waals surface area contributed by atoms with Gasteiger partial charge in [-0.05, 0) is 29.8 Å². The first kappa shape index (κ1) is 18.7. The van der Waals surface area contributed by atoms with Gasteiger partial charge in [0.2, 0.25) is 0 Å². The molecule has 3 rings (SSSR count). The monoisotopic (exact) mass is 418 g/mol. The highest BCUT2D eigenvalue weighted by atomic mass is 79.9. The molecule has 0 unspecified atom stereocenters. The molecule has 0 aromatic heterocycles. The zero-order valence-corrected chi connectivity index (χ0v) is 16.7. The van der Waals surface area contributed by atoms with Crippen molar-refractivity contribution in [3.63, 3.8) is 0 Å². The van der Waals surface area contributed by atoms with Crippen LogP contribution >= 0.6 is 15.9 Å². The maximum Gasteiger partial charge on any atom is 0.257 e. The number of nitrogens with zero attached hydrogens (tertiary/aromatic N) is 2. The first-order valence-electron chi connectivity index (χ1n) is 8.59. The normalized spacial score (nSPS) is 15.0. The zero-order chi connectivity index (χ0) is 18.5. The fraction of sp³-hybridized carbons (Fsp3) is 0.350. The van der Waals surface area contributed by atoms with Crippen LogP contribution in [0.5, 0.6) is 11.5 Å². The standard InChI is InChI=1S/C20H23BrN2O3/c1-25-17-6-7-18(19(13-17)26-2)20(24)23-10-8-22(9-11-23)14-15-4-3-5-16(21)12-15/h3-7,12-13H,8-11,14H2,1-2H3. The Bertz CT molecular complexity index is 773. The lowest BCUT2D eigenvalue weighted by Crippen LogP contribution is -2.48. The summed E-state index contributed by atoms with van der Waals surface area (Å²) in [6, 6.07) is 13.7. The predicted octanol–water partition coefficient (Wildman–Crippen LogP) is 3.42. The molecular weight excluding hydrogens is 396 g/mol. The molecule has 2 aromatic carbocycles. The van der Waals surface area contributed by atoms with Gasteiger partial charge in [-0.15, -0.1) is 0 Å². The second-order valence-corrected chi connectivity index (χ2v) is 7.18. The van der Waals surface area contributed by atoms with Gasteiger partial charge >= 0.3 is 0 Å². The number of methoxy groups -OCH3 is 2. The third-order valence-corrected chi connectivity index (χ3v) is 5.09. The molecule has 0 spiro atoms. The second-order valence-electron chi connectivity index (χ2n) is 6.26. The summed E-state index contributed by atoms with van der Waals surface area (Å²) in [6.07, 6.45) is 0. The molecule has 138 valence electrons. The molecule has 1 saturated heterocycles. The van der Waals surface area contributed by atoms with Crippen LogP contribution in [0.3, 0.4) is 0 Å². The minimum atomic E-state index is 0.00612. The van der Waals surface area contributed by atoms with E-state index in [9.17, 15) is 4.79 Å². The van der Waals surface area contributed by atoms with E-state index in [-0.39, 0.29) is 5.91 Å². The molecule has 2 aromatic rings. The van der Waals surface area contributed by atoms with E-state index in [1.54, 1.807) is 32.4 Å². The molecule has 0 bridgehead atoms. The summed E-state index contributed by atoms with van der Waals surface area (Å²) >= 11 is 3.51. The molecule has 1 fully saturated rings. The minimum absolute atomic E-state index is 0.00612. The largest absolute Gasteiger partial charge is 0.497 e. The van der Waals surface area contributed by atoms with Crippen molar-refractivity contribution >= 4 is 21.8 Å². The summed E-state index contributed by atoms with van der Waals surface area (Å²) in [5, 5.41) is 0. The molecule has 1 aliphatic rings. The Morgan fingerprint density at radius 2 is 1.81 bits per heavy atom. The number of carbonyl (C=O) groups excluding carboxylic acids is 1. The Kier molecular flexibility index (Phi) is 6.16. The van der Waals surface area contributed by atoms with Gasteiger partial charge < -0.3 is 14.4 Å². The average Bonchev–Trinajstić information content (AvgIpc) is 2.67. The van der Waals surface area contributed by atoms with E-state index in [2.05, 4.69) is 39.0 Å². The number of hydrogen-bond donors (Lipinski definition) is 0. The lowest BCUT2D eigenvalue weighted by molar-refractivity contribution is 0.0625. The maximum atomic E-state index is 12.9. The van der Waals surface area contributed by atoms with Crippen molar-refractivity contribution in [3.8, 4) is 11.5 Å². The number of piperazine rings is 1. The summed E-state index contributed by atoms with van der Waals surface area (Å²) < 4.78 is 11.7. The average molecular weight is 419 g/mol. The number of rotatable bonds is 5. The highest BCUT2D eigenvalue weighted by Gasteiger charge is 2.24. The molecular formula is C20H23BrN2O3. The van der Waals surface area contributed by atoms with Gasteiger partial charge in [-0.2, -0.15) is 0 Å². The van der Waals surface area contributed by atoms with Crippen molar-refractivity contribution in [2.24, 2.45) is 0 Å². The van der Waals surface area contributed by atoms with E-state index in [4.69, 9.17) is 9.47 Å². The van der Waals surface area contributed by atoms with Crippen LogP contribution in [0.2, 0.25) is 0 Å². The highest BCUT2D eigenvalue weighted by molar-refractivity contribution is 9.10. The third kappa shape index (κ3) is 4.37. The van der Waals surface area contributed by atoms with Gasteiger partial charge in [-0.1, -0.05) is 28.1 Å². The summed E-state index contributed by atoms with van der Waals surface area (Å²) in [4.78, 5) is 17.1. The van der Waals surface area contributed by atoms with Crippen molar-refractivity contribution in [2.75, 3.05) is 40.4 Å². The Balaban J connectivity index is 1.62. The van der Waals surface area contributed by atoms with Gasteiger partial charge in [0.15, 0.2) is 0 Å². The van der Waals surface area contributed by atoms with Crippen LogP contribution in [0.25, 0.3) is 0 Å². The van der Waals surface area contributed by atoms with Crippen molar-refractivity contribution in [3.05, 3.63) is 58.1 Å². The molecule has 0 N–H and O–H groups in total. The number of carbonyl (C=O) groups is 1. The molecule has 1 heterocycles. The molecule has 0 atom stereocenters. The first-order chi connectivity index (χ1) is 12.6. The fourth-order valence-corrected chi connectivity index (χ4v) is 3.59. The molecule has 0 saturated carbocycles. The molecule has 5 nitrogen and oxygen atoms in total. The van der Waals surface area contributed by atoms with Crippen molar-refractivity contribution in [1.29, 1.82) is 0 Å². The van der Waals surface area contributed by atoms with E-state index in [1.807, 2.05) is 11.0 Å². The molecule has 1 amide bonds. The number of ether oxygens (including phenoxy) is 2. The van der Waals surface area contributed by atoms with Gasteiger partial charge in [0.05, 0.1) is 19.8 Å². The maximum absolute atomic E-state index is 12.9. The Morgan fingerprint density at radius 3 is 2.46 bits per heavy atom. The molecule has 0 radical (unpaired) electrons. The van der Waals surface area contributed by atoms with E-state index >= 15 is 0 Å². The number of amides is 1.